The van der Waals surface area contributed by atoms with Crippen LogP contribution in [0.1, 0.15) is 30.2 Å². The number of ether oxygens (including phenoxy) is 1. The molecule has 0 amide bonds. The van der Waals surface area contributed by atoms with Crippen LogP contribution in [0.2, 0.25) is 0 Å². The molecule has 1 heterocycles. The molecule has 18 heavy (non-hydrogen) atoms. The van der Waals surface area contributed by atoms with Crippen molar-refractivity contribution in [3.05, 3.63) is 23.0 Å². The molecule has 0 aromatic carbocycles. The van der Waals surface area contributed by atoms with Crippen molar-refractivity contribution in [3.8, 4) is 0 Å². The Kier molecular flexibility index (Phi) is 5.46. The number of hydrogen-bond donors (Lipinski definition) is 1. The molecule has 0 unspecified atom stereocenters. The molecule has 1 aromatic rings. The van der Waals surface area contributed by atoms with Crippen LogP contribution in [0, 0.1) is 0 Å². The zero-order valence-corrected chi connectivity index (χ0v) is 11.3. The maximum atomic E-state index is 13.0. The quantitative estimate of drug-likeness (QED) is 0.668. The summed E-state index contributed by atoms with van der Waals surface area (Å²) in [5.41, 5.74) is 5.63. The topological polar surface area (TPSA) is 65.2 Å². The van der Waals surface area contributed by atoms with Gasteiger partial charge >= 0.3 is 5.97 Å². The van der Waals surface area contributed by atoms with E-state index in [1.54, 1.807) is 6.92 Å². The lowest BCUT2D eigenvalue weighted by Gasteiger charge is -2.13. The van der Waals surface area contributed by atoms with Crippen LogP contribution in [0.3, 0.4) is 0 Å². The number of nitrogens with two attached hydrogens (primary N) is 1. The molecule has 0 saturated carbocycles. The minimum atomic E-state index is -2.75. The highest BCUT2D eigenvalue weighted by molar-refractivity contribution is 9.08. The van der Waals surface area contributed by atoms with Gasteiger partial charge in [0.1, 0.15) is 0 Å². The Hall–Kier alpha value is -1.24. The van der Waals surface area contributed by atoms with E-state index in [2.05, 4.69) is 20.9 Å². The number of alkyl halides is 3. The summed E-state index contributed by atoms with van der Waals surface area (Å²) in [4.78, 5) is 15.2. The number of esters is 1. The molecule has 0 bridgehead atoms. The first-order valence-electron chi connectivity index (χ1n) is 5.27. The maximum absolute atomic E-state index is 13.0. The number of nitrogens with zero attached hydrogens (tertiary/aromatic N) is 1. The number of pyridine rings is 1. The predicted molar refractivity (Wildman–Crippen MR) is 66.6 cm³/mol. The largest absolute Gasteiger partial charge is 0.466 e. The molecule has 0 aliphatic heterocycles. The lowest BCUT2D eigenvalue weighted by atomic mass is 10.0. The normalized spacial score (nSPS) is 10.7. The Morgan fingerprint density at radius 3 is 2.78 bits per heavy atom. The van der Waals surface area contributed by atoms with Gasteiger partial charge in [-0.2, -0.15) is 0 Å². The van der Waals surface area contributed by atoms with E-state index in [0.29, 0.717) is 5.69 Å². The highest BCUT2D eigenvalue weighted by Crippen LogP contribution is 2.31. The van der Waals surface area contributed by atoms with Gasteiger partial charge in [-0.3, -0.25) is 9.78 Å². The van der Waals surface area contributed by atoms with Gasteiger partial charge < -0.3 is 10.5 Å². The monoisotopic (exact) mass is 322 g/mol. The minimum Gasteiger partial charge on any atom is -0.466 e. The van der Waals surface area contributed by atoms with Crippen LogP contribution in [0.5, 0.6) is 0 Å². The molecule has 0 fully saturated rings. The Bertz CT molecular complexity index is 441. The number of carbonyl (C=O) groups excluding carboxylic acids is 1. The SMILES string of the molecule is CCOC(=O)Cc1cnc(CBr)c(N)c1C(F)F. The smallest absolute Gasteiger partial charge is 0.310 e. The average molecular weight is 323 g/mol. The predicted octanol–water partition coefficient (Wildman–Crippen LogP) is 2.60. The molecule has 0 aliphatic rings. The Morgan fingerprint density at radius 1 is 1.61 bits per heavy atom. The van der Waals surface area contributed by atoms with E-state index in [1.807, 2.05) is 0 Å². The van der Waals surface area contributed by atoms with Gasteiger partial charge in [0.05, 0.1) is 24.4 Å². The summed E-state index contributed by atoms with van der Waals surface area (Å²) >= 11 is 3.11. The van der Waals surface area contributed by atoms with E-state index in [-0.39, 0.29) is 35.2 Å². The van der Waals surface area contributed by atoms with Crippen molar-refractivity contribution in [3.63, 3.8) is 0 Å². The van der Waals surface area contributed by atoms with E-state index in [0.717, 1.165) is 0 Å². The van der Waals surface area contributed by atoms with E-state index in [4.69, 9.17) is 10.5 Å². The van der Waals surface area contributed by atoms with Crippen LogP contribution in [0.15, 0.2) is 6.20 Å². The van der Waals surface area contributed by atoms with E-state index >= 15 is 0 Å². The van der Waals surface area contributed by atoms with Crippen LogP contribution in [-0.4, -0.2) is 17.6 Å². The van der Waals surface area contributed by atoms with Crippen molar-refractivity contribution in [2.45, 2.75) is 25.1 Å². The van der Waals surface area contributed by atoms with Gasteiger partial charge in [-0.15, -0.1) is 0 Å². The highest BCUT2D eigenvalue weighted by atomic mass is 79.9. The second kappa shape index (κ2) is 6.63. The van der Waals surface area contributed by atoms with Gasteiger partial charge in [0.2, 0.25) is 0 Å². The molecule has 2 N–H and O–H groups in total. The molecule has 0 atom stereocenters. The van der Waals surface area contributed by atoms with Crippen molar-refractivity contribution in [2.75, 3.05) is 12.3 Å². The van der Waals surface area contributed by atoms with Gasteiger partial charge in [-0.05, 0) is 12.5 Å². The van der Waals surface area contributed by atoms with Crippen molar-refractivity contribution in [1.29, 1.82) is 0 Å². The third-order valence-corrected chi connectivity index (χ3v) is 2.84. The number of rotatable bonds is 5. The van der Waals surface area contributed by atoms with Gasteiger partial charge in [-0.25, -0.2) is 8.78 Å². The number of carbonyl (C=O) groups is 1. The van der Waals surface area contributed by atoms with Crippen molar-refractivity contribution in [1.82, 2.24) is 4.98 Å². The second-order valence-corrected chi connectivity index (χ2v) is 4.03. The average Bonchev–Trinajstić information content (AvgIpc) is 2.29. The summed E-state index contributed by atoms with van der Waals surface area (Å²) in [5, 5.41) is 0.276. The fourth-order valence-electron chi connectivity index (χ4n) is 1.50. The zero-order chi connectivity index (χ0) is 13.7. The van der Waals surface area contributed by atoms with Crippen molar-refractivity contribution in [2.24, 2.45) is 0 Å². The van der Waals surface area contributed by atoms with Gasteiger partial charge in [0.15, 0.2) is 0 Å². The highest BCUT2D eigenvalue weighted by Gasteiger charge is 2.21. The summed E-state index contributed by atoms with van der Waals surface area (Å²) < 4.78 is 30.6. The van der Waals surface area contributed by atoms with Crippen LogP contribution >= 0.6 is 15.9 Å². The first-order valence-corrected chi connectivity index (χ1v) is 6.39. The lowest BCUT2D eigenvalue weighted by molar-refractivity contribution is -0.142. The van der Waals surface area contributed by atoms with Gasteiger partial charge in [0, 0.05) is 17.1 Å². The number of hydrogen-bond acceptors (Lipinski definition) is 4. The fourth-order valence-corrected chi connectivity index (χ4v) is 1.94. The molecule has 0 spiro atoms. The summed E-state index contributed by atoms with van der Waals surface area (Å²) in [5.74, 6) is -0.577. The maximum Gasteiger partial charge on any atom is 0.310 e. The summed E-state index contributed by atoms with van der Waals surface area (Å²) in [6.07, 6.45) is -1.77. The first kappa shape index (κ1) is 14.8. The second-order valence-electron chi connectivity index (χ2n) is 3.47. The fraction of sp³-hybridized carbons (Fsp3) is 0.455. The Morgan fingerprint density at radius 2 is 2.28 bits per heavy atom. The van der Waals surface area contributed by atoms with E-state index in [9.17, 15) is 13.6 Å². The van der Waals surface area contributed by atoms with Crippen LogP contribution < -0.4 is 5.73 Å². The third-order valence-electron chi connectivity index (χ3n) is 2.31. The van der Waals surface area contributed by atoms with Crippen LogP contribution in [0.25, 0.3) is 0 Å². The van der Waals surface area contributed by atoms with Crippen LogP contribution in [-0.2, 0) is 21.3 Å². The molecular weight excluding hydrogens is 310 g/mol. The Balaban J connectivity index is 3.11. The standard InChI is InChI=1S/C11H13BrF2N2O2/c1-2-18-8(17)3-6-5-16-7(4-12)10(15)9(6)11(13)14/h5,11H,2-4,15H2,1H3. The minimum absolute atomic E-state index is 0.0799. The molecule has 0 saturated heterocycles. The summed E-state index contributed by atoms with van der Waals surface area (Å²) in [7, 11) is 0. The van der Waals surface area contributed by atoms with Gasteiger partial charge in [-0.1, -0.05) is 15.9 Å². The molecule has 7 heteroatoms. The molecule has 100 valence electrons. The molecule has 1 aromatic heterocycles. The van der Waals surface area contributed by atoms with Crippen LogP contribution in [0.4, 0.5) is 14.5 Å². The van der Waals surface area contributed by atoms with Crippen molar-refractivity contribution < 1.29 is 18.3 Å². The van der Waals surface area contributed by atoms with E-state index < -0.39 is 12.4 Å². The first-order chi connectivity index (χ1) is 8.51. The molecule has 1 rings (SSSR count). The molecule has 0 radical (unpaired) electrons. The van der Waals surface area contributed by atoms with Gasteiger partial charge in [0.25, 0.3) is 6.43 Å². The molecule has 0 aliphatic carbocycles. The van der Waals surface area contributed by atoms with Crippen molar-refractivity contribution >= 4 is 27.6 Å². The molecular formula is C11H13BrF2N2O2. The van der Waals surface area contributed by atoms with E-state index in [1.165, 1.54) is 6.20 Å². The summed E-state index contributed by atoms with van der Waals surface area (Å²) in [6.45, 7) is 1.84. The Labute approximate surface area is 112 Å². The zero-order valence-electron chi connectivity index (χ0n) is 9.75. The number of anilines is 1. The third kappa shape index (κ3) is 3.38. The number of halogens is 3. The molecule has 4 nitrogen and oxygen atoms in total. The number of aromatic nitrogens is 1. The number of nitrogen functional groups attached to an aromatic ring is 1. The lowest BCUT2D eigenvalue weighted by Crippen LogP contribution is -2.12. The summed E-state index contributed by atoms with van der Waals surface area (Å²) in [6, 6.07) is 0.